The maximum absolute atomic E-state index is 4.84. The fourth-order valence-corrected chi connectivity index (χ4v) is 3.04. The summed E-state index contributed by atoms with van der Waals surface area (Å²) in [7, 11) is 0. The zero-order valence-corrected chi connectivity index (χ0v) is 13.6. The molecule has 0 aromatic carbocycles. The number of aryl methyl sites for hydroxylation is 1. The van der Waals surface area contributed by atoms with Crippen LogP contribution in [-0.2, 0) is 0 Å². The van der Waals surface area contributed by atoms with Crippen molar-refractivity contribution in [1.29, 1.82) is 0 Å². The van der Waals surface area contributed by atoms with Crippen LogP contribution in [-0.4, -0.2) is 35.6 Å². The maximum atomic E-state index is 4.84. The highest BCUT2D eigenvalue weighted by Crippen LogP contribution is 2.31. The van der Waals surface area contributed by atoms with Gasteiger partial charge in [0.05, 0.1) is 0 Å². The van der Waals surface area contributed by atoms with Crippen LogP contribution >= 0.6 is 0 Å². The Balaban J connectivity index is 1.79. The number of nitrogens with one attached hydrogen (secondary N) is 1. The average Bonchev–Trinajstić information content (AvgIpc) is 3.11. The molecule has 1 aromatic rings. The second-order valence-corrected chi connectivity index (χ2v) is 7.03. The number of hydrogen-bond acceptors (Lipinski definition) is 4. The van der Waals surface area contributed by atoms with Crippen LogP contribution in [0.2, 0.25) is 0 Å². The van der Waals surface area contributed by atoms with Gasteiger partial charge in [0.15, 0.2) is 0 Å². The van der Waals surface area contributed by atoms with Crippen LogP contribution in [0.25, 0.3) is 0 Å². The minimum Gasteiger partial charge on any atom is -0.339 e. The predicted molar refractivity (Wildman–Crippen MR) is 86.8 cm³/mol. The molecule has 1 saturated carbocycles. The Morgan fingerprint density at radius 3 is 2.67 bits per heavy atom. The van der Waals surface area contributed by atoms with Gasteiger partial charge in [0, 0.05) is 30.5 Å². The summed E-state index contributed by atoms with van der Waals surface area (Å²) in [5.41, 5.74) is 2.25. The Morgan fingerprint density at radius 1 is 1.24 bits per heavy atom. The van der Waals surface area contributed by atoms with Crippen LogP contribution in [0.5, 0.6) is 0 Å². The Kier molecular flexibility index (Phi) is 4.43. The maximum Gasteiger partial charge on any atom is 0.225 e. The molecule has 4 nitrogen and oxygen atoms in total. The quantitative estimate of drug-likeness (QED) is 0.874. The van der Waals surface area contributed by atoms with Crippen molar-refractivity contribution in [2.75, 3.05) is 24.5 Å². The molecule has 1 aliphatic carbocycles. The van der Waals surface area contributed by atoms with Crippen molar-refractivity contribution in [2.45, 2.75) is 58.4 Å². The minimum absolute atomic E-state index is 0.456. The molecule has 3 rings (SSSR count). The lowest BCUT2D eigenvalue weighted by atomic mass is 10.1. The van der Waals surface area contributed by atoms with Gasteiger partial charge in [-0.3, -0.25) is 0 Å². The van der Waals surface area contributed by atoms with Gasteiger partial charge in [-0.1, -0.05) is 13.8 Å². The van der Waals surface area contributed by atoms with Crippen LogP contribution in [0.1, 0.15) is 56.8 Å². The predicted octanol–water partition coefficient (Wildman–Crippen LogP) is 2.88. The van der Waals surface area contributed by atoms with E-state index in [1.54, 1.807) is 0 Å². The fourth-order valence-electron chi connectivity index (χ4n) is 3.04. The van der Waals surface area contributed by atoms with E-state index in [4.69, 9.17) is 9.97 Å². The van der Waals surface area contributed by atoms with E-state index in [1.807, 2.05) is 0 Å². The van der Waals surface area contributed by atoms with Gasteiger partial charge < -0.3 is 10.2 Å². The summed E-state index contributed by atoms with van der Waals surface area (Å²) >= 11 is 0. The molecule has 1 saturated heterocycles. The topological polar surface area (TPSA) is 41.1 Å². The first-order chi connectivity index (χ1) is 10.1. The van der Waals surface area contributed by atoms with E-state index < -0.39 is 0 Å². The highest BCUT2D eigenvalue weighted by molar-refractivity contribution is 5.34. The summed E-state index contributed by atoms with van der Waals surface area (Å²) in [6, 6.07) is 2.73. The van der Waals surface area contributed by atoms with E-state index in [0.717, 1.165) is 42.9 Å². The van der Waals surface area contributed by atoms with Crippen molar-refractivity contribution >= 4 is 5.95 Å². The first-order valence-corrected chi connectivity index (χ1v) is 8.45. The molecule has 1 aromatic heterocycles. The van der Waals surface area contributed by atoms with Gasteiger partial charge in [0.1, 0.15) is 0 Å². The Bertz CT molecular complexity index is 476. The Labute approximate surface area is 128 Å². The first-order valence-electron chi connectivity index (χ1n) is 8.45. The van der Waals surface area contributed by atoms with E-state index in [9.17, 15) is 0 Å². The molecule has 0 radical (unpaired) electrons. The normalized spacial score (nSPS) is 22.0. The lowest BCUT2D eigenvalue weighted by Gasteiger charge is -2.27. The largest absolute Gasteiger partial charge is 0.339 e. The van der Waals surface area contributed by atoms with E-state index >= 15 is 0 Å². The van der Waals surface area contributed by atoms with Crippen molar-refractivity contribution in [1.82, 2.24) is 15.3 Å². The van der Waals surface area contributed by atoms with Crippen molar-refractivity contribution in [3.8, 4) is 0 Å². The third kappa shape index (κ3) is 3.94. The summed E-state index contributed by atoms with van der Waals surface area (Å²) in [6.45, 7) is 9.83. The Hall–Kier alpha value is -1.16. The van der Waals surface area contributed by atoms with Gasteiger partial charge in [-0.05, 0) is 57.1 Å². The standard InChI is InChI=1S/C17H28N4/c1-12(2)16-9-13(3)19-17(20-16)21(10-14-6-7-14)11-15-5-4-8-18-15/h9,12,14-15,18H,4-8,10-11H2,1-3H3. The number of hydrogen-bond donors (Lipinski definition) is 1. The lowest BCUT2D eigenvalue weighted by molar-refractivity contribution is 0.561. The smallest absolute Gasteiger partial charge is 0.225 e. The molecule has 116 valence electrons. The molecule has 2 heterocycles. The van der Waals surface area contributed by atoms with Crippen molar-refractivity contribution in [3.05, 3.63) is 17.5 Å². The van der Waals surface area contributed by atoms with Crippen molar-refractivity contribution in [3.63, 3.8) is 0 Å². The van der Waals surface area contributed by atoms with Crippen molar-refractivity contribution < 1.29 is 0 Å². The number of nitrogens with zero attached hydrogens (tertiary/aromatic N) is 3. The zero-order chi connectivity index (χ0) is 14.8. The highest BCUT2D eigenvalue weighted by Gasteiger charge is 2.28. The number of rotatable bonds is 6. The highest BCUT2D eigenvalue weighted by atomic mass is 15.3. The van der Waals surface area contributed by atoms with Gasteiger partial charge in [-0.15, -0.1) is 0 Å². The van der Waals surface area contributed by atoms with Gasteiger partial charge >= 0.3 is 0 Å². The second-order valence-electron chi connectivity index (χ2n) is 7.03. The molecule has 1 atom stereocenters. The zero-order valence-electron chi connectivity index (χ0n) is 13.6. The summed E-state index contributed by atoms with van der Waals surface area (Å²) in [5, 5.41) is 3.61. The molecule has 1 aliphatic heterocycles. The molecule has 4 heteroatoms. The number of anilines is 1. The molecule has 0 amide bonds. The molecular formula is C17H28N4. The summed E-state index contributed by atoms with van der Waals surface area (Å²) in [6.07, 6.45) is 5.33. The molecule has 0 spiro atoms. The fraction of sp³-hybridized carbons (Fsp3) is 0.765. The molecule has 1 N–H and O–H groups in total. The van der Waals surface area contributed by atoms with Crippen LogP contribution in [0.15, 0.2) is 6.07 Å². The van der Waals surface area contributed by atoms with E-state index in [0.29, 0.717) is 12.0 Å². The Morgan fingerprint density at radius 2 is 2.05 bits per heavy atom. The molecule has 2 fully saturated rings. The second kappa shape index (κ2) is 6.30. The third-order valence-corrected chi connectivity index (χ3v) is 4.52. The molecular weight excluding hydrogens is 260 g/mol. The van der Waals surface area contributed by atoms with Crippen LogP contribution in [0.3, 0.4) is 0 Å². The van der Waals surface area contributed by atoms with E-state index in [-0.39, 0.29) is 0 Å². The van der Waals surface area contributed by atoms with Gasteiger partial charge in [0.2, 0.25) is 5.95 Å². The molecule has 1 unspecified atom stereocenters. The van der Waals surface area contributed by atoms with Crippen LogP contribution < -0.4 is 10.2 Å². The van der Waals surface area contributed by atoms with Crippen molar-refractivity contribution in [2.24, 2.45) is 5.92 Å². The van der Waals surface area contributed by atoms with E-state index in [2.05, 4.69) is 37.1 Å². The van der Waals surface area contributed by atoms with Gasteiger partial charge in [0.25, 0.3) is 0 Å². The minimum atomic E-state index is 0.456. The summed E-state index contributed by atoms with van der Waals surface area (Å²) in [4.78, 5) is 12.0. The SMILES string of the molecule is Cc1cc(C(C)C)nc(N(CC2CC2)CC2CCCN2)n1. The summed E-state index contributed by atoms with van der Waals surface area (Å²) < 4.78 is 0. The monoisotopic (exact) mass is 288 g/mol. The summed E-state index contributed by atoms with van der Waals surface area (Å²) in [5.74, 6) is 2.26. The van der Waals surface area contributed by atoms with Crippen LogP contribution in [0.4, 0.5) is 5.95 Å². The molecule has 21 heavy (non-hydrogen) atoms. The molecule has 0 bridgehead atoms. The van der Waals surface area contributed by atoms with E-state index in [1.165, 1.54) is 25.7 Å². The number of aromatic nitrogens is 2. The third-order valence-electron chi connectivity index (χ3n) is 4.52. The lowest BCUT2D eigenvalue weighted by Crippen LogP contribution is -2.39. The van der Waals surface area contributed by atoms with Gasteiger partial charge in [-0.2, -0.15) is 0 Å². The van der Waals surface area contributed by atoms with Crippen LogP contribution in [0, 0.1) is 12.8 Å². The van der Waals surface area contributed by atoms with Gasteiger partial charge in [-0.25, -0.2) is 9.97 Å². The average molecular weight is 288 g/mol. The first kappa shape index (κ1) is 14.8. The molecule has 2 aliphatic rings.